The summed E-state index contributed by atoms with van der Waals surface area (Å²) in [5, 5.41) is 3.77. The van der Waals surface area contributed by atoms with E-state index in [0.717, 1.165) is 30.6 Å². The van der Waals surface area contributed by atoms with E-state index in [1.807, 2.05) is 56.3 Å². The van der Waals surface area contributed by atoms with Gasteiger partial charge in [-0.3, -0.25) is 4.79 Å². The van der Waals surface area contributed by atoms with Crippen LogP contribution in [0.3, 0.4) is 0 Å². The van der Waals surface area contributed by atoms with Gasteiger partial charge >= 0.3 is 0 Å². The number of benzene rings is 2. The smallest absolute Gasteiger partial charge is 0.257 e. The molecule has 0 radical (unpaired) electrons. The highest BCUT2D eigenvalue weighted by molar-refractivity contribution is 6.30. The lowest BCUT2D eigenvalue weighted by Gasteiger charge is -2.38. The van der Waals surface area contributed by atoms with E-state index in [-0.39, 0.29) is 23.5 Å². The summed E-state index contributed by atoms with van der Waals surface area (Å²) in [7, 11) is 0. The van der Waals surface area contributed by atoms with Crippen molar-refractivity contribution < 1.29 is 19.0 Å². The number of ether oxygens (including phenoxy) is 3. The summed E-state index contributed by atoms with van der Waals surface area (Å²) < 4.78 is 17.4. The molecule has 2 aliphatic rings. The first-order valence-electron chi connectivity index (χ1n) is 10.4. The second-order valence-corrected chi connectivity index (χ2v) is 9.18. The summed E-state index contributed by atoms with van der Waals surface area (Å²) in [6.07, 6.45) is 2.53. The zero-order chi connectivity index (χ0) is 21.2. The number of hydrogen-bond acceptors (Lipinski definition) is 4. The average molecular weight is 430 g/mol. The number of rotatable bonds is 6. The van der Waals surface area contributed by atoms with E-state index in [1.54, 1.807) is 0 Å². The highest BCUT2D eigenvalue weighted by atomic mass is 35.5. The molecule has 1 saturated heterocycles. The fraction of sp³-hybridized carbons (Fsp3) is 0.458. The van der Waals surface area contributed by atoms with Crippen LogP contribution in [0.2, 0.25) is 5.02 Å². The first-order chi connectivity index (χ1) is 14.4. The number of para-hydroxylation sites is 1. The van der Waals surface area contributed by atoms with Gasteiger partial charge in [0.1, 0.15) is 5.60 Å². The van der Waals surface area contributed by atoms with Crippen molar-refractivity contribution in [3.8, 4) is 11.5 Å². The first-order valence-corrected chi connectivity index (χ1v) is 10.8. The molecule has 2 aromatic rings. The molecule has 1 amide bonds. The van der Waals surface area contributed by atoms with E-state index in [9.17, 15) is 4.79 Å². The first kappa shape index (κ1) is 21.0. The van der Waals surface area contributed by atoms with E-state index in [1.165, 1.54) is 5.56 Å². The average Bonchev–Trinajstić information content (AvgIpc) is 3.06. The Balaban J connectivity index is 1.38. The molecule has 5 nitrogen and oxygen atoms in total. The van der Waals surface area contributed by atoms with E-state index in [2.05, 4.69) is 5.32 Å². The predicted molar refractivity (Wildman–Crippen MR) is 117 cm³/mol. The minimum Gasteiger partial charge on any atom is -0.483 e. The summed E-state index contributed by atoms with van der Waals surface area (Å²) in [6.45, 7) is 5.95. The molecule has 2 aliphatic heterocycles. The van der Waals surface area contributed by atoms with Crippen LogP contribution < -0.4 is 14.8 Å². The second kappa shape index (κ2) is 8.48. The third kappa shape index (κ3) is 4.57. The van der Waals surface area contributed by atoms with Crippen LogP contribution in [0.15, 0.2) is 42.5 Å². The molecule has 0 unspecified atom stereocenters. The van der Waals surface area contributed by atoms with Gasteiger partial charge in [-0.25, -0.2) is 0 Å². The van der Waals surface area contributed by atoms with E-state index in [0.29, 0.717) is 30.5 Å². The van der Waals surface area contributed by atoms with E-state index < -0.39 is 0 Å². The Morgan fingerprint density at radius 3 is 2.60 bits per heavy atom. The maximum absolute atomic E-state index is 12.6. The summed E-state index contributed by atoms with van der Waals surface area (Å²) in [6, 6.07) is 13.7. The van der Waals surface area contributed by atoms with Crippen LogP contribution >= 0.6 is 11.6 Å². The Kier molecular flexibility index (Phi) is 5.94. The predicted octanol–water partition coefficient (Wildman–Crippen LogP) is 4.30. The molecule has 6 heteroatoms. The Bertz CT molecular complexity index is 904. The Hall–Kier alpha value is -2.24. The summed E-state index contributed by atoms with van der Waals surface area (Å²) in [4.78, 5) is 12.6. The molecule has 0 aromatic heterocycles. The number of nitrogens with one attached hydrogen (secondary N) is 1. The number of fused-ring (bicyclic) bond motifs is 1. The van der Waals surface area contributed by atoms with Crippen LogP contribution in [0, 0.1) is 0 Å². The van der Waals surface area contributed by atoms with Crippen LogP contribution in [-0.2, 0) is 21.4 Å². The fourth-order valence-corrected chi connectivity index (χ4v) is 4.42. The van der Waals surface area contributed by atoms with Gasteiger partial charge in [-0.1, -0.05) is 35.9 Å². The molecule has 2 aromatic carbocycles. The Labute approximate surface area is 182 Å². The van der Waals surface area contributed by atoms with Gasteiger partial charge < -0.3 is 19.5 Å². The van der Waals surface area contributed by atoms with Crippen molar-refractivity contribution in [1.82, 2.24) is 5.32 Å². The molecular formula is C24H28ClNO4. The van der Waals surface area contributed by atoms with E-state index in [4.69, 9.17) is 25.8 Å². The maximum Gasteiger partial charge on any atom is 0.257 e. The molecule has 1 N–H and O–H groups in total. The molecule has 0 saturated carbocycles. The van der Waals surface area contributed by atoms with Gasteiger partial charge in [0.25, 0.3) is 5.91 Å². The zero-order valence-corrected chi connectivity index (χ0v) is 18.3. The summed E-state index contributed by atoms with van der Waals surface area (Å²) in [5.74, 6) is 1.22. The van der Waals surface area contributed by atoms with E-state index >= 15 is 0 Å². The second-order valence-electron chi connectivity index (χ2n) is 8.75. The van der Waals surface area contributed by atoms with Crippen molar-refractivity contribution in [3.63, 3.8) is 0 Å². The normalized spacial score (nSPS) is 18.9. The van der Waals surface area contributed by atoms with Gasteiger partial charge in [-0.05, 0) is 50.5 Å². The number of carbonyl (C=O) groups excluding carboxylic acids is 1. The molecule has 0 atom stereocenters. The third-order valence-electron chi connectivity index (χ3n) is 5.94. The maximum atomic E-state index is 12.6. The van der Waals surface area contributed by atoms with Crippen molar-refractivity contribution >= 4 is 17.5 Å². The number of carbonyl (C=O) groups is 1. The minimum atomic E-state index is -0.252. The van der Waals surface area contributed by atoms with Gasteiger partial charge in [-0.15, -0.1) is 0 Å². The standard InChI is InChI=1S/C24H28ClNO4/c1-23(2)14-17-4-3-5-20(22(17)30-23)29-15-21(27)26-16-24(10-12-28-13-11-24)18-6-8-19(25)9-7-18/h3-9H,10-16H2,1-2H3,(H,26,27). The lowest BCUT2D eigenvalue weighted by molar-refractivity contribution is -0.123. The number of hydrogen-bond donors (Lipinski definition) is 1. The highest BCUT2D eigenvalue weighted by Crippen LogP contribution is 2.41. The SMILES string of the molecule is CC1(C)Cc2cccc(OCC(=O)NCC3(c4ccc(Cl)cc4)CCOCC3)c2O1. The molecule has 1 fully saturated rings. The quantitative estimate of drug-likeness (QED) is 0.743. The fourth-order valence-electron chi connectivity index (χ4n) is 4.30. The van der Waals surface area contributed by atoms with Crippen LogP contribution in [0.5, 0.6) is 11.5 Å². The number of halogens is 1. The topological polar surface area (TPSA) is 56.8 Å². The van der Waals surface area contributed by atoms with Gasteiger partial charge in [0.15, 0.2) is 18.1 Å². The summed E-state index contributed by atoms with van der Waals surface area (Å²) >= 11 is 6.06. The van der Waals surface area contributed by atoms with Gasteiger partial charge in [-0.2, -0.15) is 0 Å². The molecule has 4 rings (SSSR count). The largest absolute Gasteiger partial charge is 0.483 e. The van der Waals surface area contributed by atoms with Gasteiger partial charge in [0.05, 0.1) is 0 Å². The molecule has 0 bridgehead atoms. The van der Waals surface area contributed by atoms with Crippen LogP contribution in [0.1, 0.15) is 37.8 Å². The molecule has 0 spiro atoms. The van der Waals surface area contributed by atoms with Crippen molar-refractivity contribution in [2.75, 3.05) is 26.4 Å². The van der Waals surface area contributed by atoms with Gasteiger partial charge in [0.2, 0.25) is 0 Å². The van der Waals surface area contributed by atoms with Crippen molar-refractivity contribution in [3.05, 3.63) is 58.6 Å². The van der Waals surface area contributed by atoms with Gasteiger partial charge in [0, 0.05) is 42.2 Å². The summed E-state index contributed by atoms with van der Waals surface area (Å²) in [5.41, 5.74) is 1.88. The zero-order valence-electron chi connectivity index (χ0n) is 17.5. The molecule has 0 aliphatic carbocycles. The van der Waals surface area contributed by atoms with Crippen LogP contribution in [-0.4, -0.2) is 37.9 Å². The third-order valence-corrected chi connectivity index (χ3v) is 6.20. The van der Waals surface area contributed by atoms with Crippen molar-refractivity contribution in [2.45, 2.75) is 44.1 Å². The monoisotopic (exact) mass is 429 g/mol. The molecular weight excluding hydrogens is 402 g/mol. The highest BCUT2D eigenvalue weighted by Gasteiger charge is 2.35. The minimum absolute atomic E-state index is 0.0482. The lowest BCUT2D eigenvalue weighted by Crippen LogP contribution is -2.45. The van der Waals surface area contributed by atoms with Crippen molar-refractivity contribution in [1.29, 1.82) is 0 Å². The lowest BCUT2D eigenvalue weighted by atomic mass is 9.74. The molecule has 160 valence electrons. The Morgan fingerprint density at radius 2 is 1.87 bits per heavy atom. The molecule has 2 heterocycles. The van der Waals surface area contributed by atoms with Crippen molar-refractivity contribution in [2.24, 2.45) is 0 Å². The van der Waals surface area contributed by atoms with Crippen LogP contribution in [0.4, 0.5) is 0 Å². The van der Waals surface area contributed by atoms with Crippen LogP contribution in [0.25, 0.3) is 0 Å². The number of amides is 1. The molecule has 30 heavy (non-hydrogen) atoms. The Morgan fingerprint density at radius 1 is 1.13 bits per heavy atom.